The molecule has 1 rings (SSSR count). The molecule has 0 radical (unpaired) electrons. The summed E-state index contributed by atoms with van der Waals surface area (Å²) in [6.45, 7) is 0. The van der Waals surface area contributed by atoms with E-state index in [-0.39, 0.29) is 9.92 Å². The topological polar surface area (TPSA) is 110 Å². The number of aliphatic carboxylic acids is 1. The van der Waals surface area contributed by atoms with Gasteiger partial charge in [-0.2, -0.15) is 4.72 Å². The molecule has 1 aromatic carbocycles. The van der Waals surface area contributed by atoms with Crippen molar-refractivity contribution in [2.75, 3.05) is 7.11 Å². The smallest absolute Gasteiger partial charge is 0.322 e. The van der Waals surface area contributed by atoms with Crippen LogP contribution in [0.2, 0.25) is 5.02 Å². The molecular weight excluding hydrogens is 310 g/mol. The molecule has 0 saturated heterocycles. The molecule has 0 spiro atoms. The number of benzene rings is 1. The number of carbonyl (C=O) groups excluding carboxylic acids is 1. The number of carbonyl (C=O) groups is 2. The van der Waals surface area contributed by atoms with Gasteiger partial charge in [0.25, 0.3) is 0 Å². The van der Waals surface area contributed by atoms with Crippen molar-refractivity contribution < 1.29 is 27.9 Å². The maximum atomic E-state index is 12.0. The molecule has 1 aromatic rings. The van der Waals surface area contributed by atoms with E-state index in [1.807, 2.05) is 4.72 Å². The van der Waals surface area contributed by atoms with Crippen LogP contribution >= 0.6 is 11.6 Å². The summed E-state index contributed by atoms with van der Waals surface area (Å²) in [5.74, 6) is -2.33. The van der Waals surface area contributed by atoms with Gasteiger partial charge in [-0.15, -0.1) is 0 Å². The molecule has 0 heterocycles. The van der Waals surface area contributed by atoms with Crippen LogP contribution in [0.15, 0.2) is 29.2 Å². The number of esters is 1. The molecule has 9 heteroatoms. The Bertz CT molecular complexity index is 615. The Balaban J connectivity index is 2.97. The number of ether oxygens (including phenoxy) is 1. The van der Waals surface area contributed by atoms with Crippen LogP contribution in [-0.2, 0) is 24.3 Å². The average molecular weight is 322 g/mol. The highest BCUT2D eigenvalue weighted by Crippen LogP contribution is 2.16. The van der Waals surface area contributed by atoms with Crippen LogP contribution in [0.25, 0.3) is 0 Å². The Morgan fingerprint density at radius 1 is 1.45 bits per heavy atom. The van der Waals surface area contributed by atoms with Crippen LogP contribution in [-0.4, -0.2) is 38.6 Å². The highest BCUT2D eigenvalue weighted by molar-refractivity contribution is 7.89. The minimum Gasteiger partial charge on any atom is -0.480 e. The fourth-order valence-corrected chi connectivity index (χ4v) is 2.81. The second-order valence-corrected chi connectivity index (χ2v) is 5.90. The SMILES string of the molecule is COC(=O)C[C@H](NS(=O)(=O)c1cccc(Cl)c1)C(=O)O. The number of nitrogens with one attached hydrogen (secondary N) is 1. The molecule has 0 fully saturated rings. The summed E-state index contributed by atoms with van der Waals surface area (Å²) in [5, 5.41) is 9.11. The van der Waals surface area contributed by atoms with Crippen molar-refractivity contribution in [3.63, 3.8) is 0 Å². The summed E-state index contributed by atoms with van der Waals surface area (Å²) in [7, 11) is -3.03. The zero-order chi connectivity index (χ0) is 15.3. The van der Waals surface area contributed by atoms with E-state index in [9.17, 15) is 18.0 Å². The number of hydrogen-bond acceptors (Lipinski definition) is 5. The van der Waals surface area contributed by atoms with Gasteiger partial charge in [-0.25, -0.2) is 8.42 Å². The number of sulfonamides is 1. The van der Waals surface area contributed by atoms with Gasteiger partial charge in [0.05, 0.1) is 18.4 Å². The van der Waals surface area contributed by atoms with Gasteiger partial charge in [0.15, 0.2) is 0 Å². The van der Waals surface area contributed by atoms with Crippen LogP contribution in [0.3, 0.4) is 0 Å². The summed E-state index contributed by atoms with van der Waals surface area (Å²) in [4.78, 5) is 21.8. The van der Waals surface area contributed by atoms with Crippen molar-refractivity contribution in [3.8, 4) is 0 Å². The normalized spacial score (nSPS) is 12.7. The first-order chi connectivity index (χ1) is 9.26. The molecule has 0 aliphatic carbocycles. The molecule has 110 valence electrons. The second-order valence-electron chi connectivity index (χ2n) is 3.75. The molecule has 20 heavy (non-hydrogen) atoms. The predicted molar refractivity (Wildman–Crippen MR) is 69.8 cm³/mol. The van der Waals surface area contributed by atoms with E-state index in [1.165, 1.54) is 24.3 Å². The van der Waals surface area contributed by atoms with Crippen molar-refractivity contribution in [3.05, 3.63) is 29.3 Å². The largest absolute Gasteiger partial charge is 0.480 e. The van der Waals surface area contributed by atoms with E-state index in [0.717, 1.165) is 7.11 Å². The van der Waals surface area contributed by atoms with Crippen LogP contribution in [0.1, 0.15) is 6.42 Å². The monoisotopic (exact) mass is 321 g/mol. The van der Waals surface area contributed by atoms with E-state index in [4.69, 9.17) is 16.7 Å². The van der Waals surface area contributed by atoms with E-state index in [0.29, 0.717) is 0 Å². The zero-order valence-corrected chi connectivity index (χ0v) is 11.9. The Hall–Kier alpha value is -1.64. The number of rotatable bonds is 6. The number of hydrogen-bond donors (Lipinski definition) is 2. The van der Waals surface area contributed by atoms with Gasteiger partial charge < -0.3 is 9.84 Å². The summed E-state index contributed by atoms with van der Waals surface area (Å²) in [6.07, 6.45) is -0.619. The van der Waals surface area contributed by atoms with Crippen molar-refractivity contribution in [2.24, 2.45) is 0 Å². The number of halogens is 1. The first-order valence-electron chi connectivity index (χ1n) is 5.34. The highest BCUT2D eigenvalue weighted by atomic mass is 35.5. The van der Waals surface area contributed by atoms with Crippen LogP contribution in [0, 0.1) is 0 Å². The van der Waals surface area contributed by atoms with E-state index < -0.39 is 34.4 Å². The van der Waals surface area contributed by atoms with Gasteiger partial charge in [0.1, 0.15) is 6.04 Å². The Kier molecular flexibility index (Phi) is 5.49. The third-order valence-electron chi connectivity index (χ3n) is 2.30. The van der Waals surface area contributed by atoms with Crippen molar-refractivity contribution in [2.45, 2.75) is 17.4 Å². The zero-order valence-electron chi connectivity index (χ0n) is 10.4. The molecule has 0 amide bonds. The van der Waals surface area contributed by atoms with Crippen LogP contribution < -0.4 is 4.72 Å². The number of methoxy groups -OCH3 is 1. The summed E-state index contributed by atoms with van der Waals surface area (Å²) >= 11 is 5.67. The lowest BCUT2D eigenvalue weighted by Crippen LogP contribution is -2.42. The summed E-state index contributed by atoms with van der Waals surface area (Å²) in [5.41, 5.74) is 0. The lowest BCUT2D eigenvalue weighted by atomic mass is 10.2. The molecule has 1 atom stereocenters. The van der Waals surface area contributed by atoms with E-state index in [2.05, 4.69) is 4.74 Å². The third-order valence-corrected chi connectivity index (χ3v) is 4.00. The maximum Gasteiger partial charge on any atom is 0.322 e. The summed E-state index contributed by atoms with van der Waals surface area (Å²) in [6, 6.07) is 3.69. The molecule has 0 bridgehead atoms. The quantitative estimate of drug-likeness (QED) is 0.744. The van der Waals surface area contributed by atoms with Crippen molar-refractivity contribution >= 4 is 33.6 Å². The molecule has 0 saturated carbocycles. The Morgan fingerprint density at radius 2 is 2.10 bits per heavy atom. The minimum absolute atomic E-state index is 0.188. The Morgan fingerprint density at radius 3 is 2.60 bits per heavy atom. The average Bonchev–Trinajstić information content (AvgIpc) is 2.37. The van der Waals surface area contributed by atoms with Gasteiger partial charge in [0.2, 0.25) is 10.0 Å². The lowest BCUT2D eigenvalue weighted by Gasteiger charge is -2.13. The molecule has 7 nitrogen and oxygen atoms in total. The Labute approximate surface area is 120 Å². The fourth-order valence-electron chi connectivity index (χ4n) is 1.32. The molecule has 0 aromatic heterocycles. The van der Waals surface area contributed by atoms with Gasteiger partial charge in [-0.05, 0) is 18.2 Å². The second kappa shape index (κ2) is 6.69. The first kappa shape index (κ1) is 16.4. The number of carboxylic acids is 1. The lowest BCUT2D eigenvalue weighted by molar-refractivity contribution is -0.147. The van der Waals surface area contributed by atoms with Crippen LogP contribution in [0.5, 0.6) is 0 Å². The van der Waals surface area contributed by atoms with E-state index in [1.54, 1.807) is 0 Å². The molecule has 2 N–H and O–H groups in total. The first-order valence-corrected chi connectivity index (χ1v) is 7.20. The molecule has 0 unspecified atom stereocenters. The van der Waals surface area contributed by atoms with E-state index >= 15 is 0 Å². The van der Waals surface area contributed by atoms with Crippen molar-refractivity contribution in [1.82, 2.24) is 4.72 Å². The van der Waals surface area contributed by atoms with Crippen LogP contribution in [0.4, 0.5) is 0 Å². The number of carboxylic acid groups (broad SMARTS) is 1. The molecular formula is C11H12ClNO6S. The highest BCUT2D eigenvalue weighted by Gasteiger charge is 2.28. The fraction of sp³-hybridized carbons (Fsp3) is 0.273. The van der Waals surface area contributed by atoms with Gasteiger partial charge >= 0.3 is 11.9 Å². The molecule has 0 aliphatic rings. The minimum atomic E-state index is -4.10. The maximum absolute atomic E-state index is 12.0. The molecule has 0 aliphatic heterocycles. The predicted octanol–water partition coefficient (Wildman–Crippen LogP) is 0.635. The van der Waals surface area contributed by atoms with Gasteiger partial charge in [-0.1, -0.05) is 17.7 Å². The third kappa shape index (κ3) is 4.48. The summed E-state index contributed by atoms with van der Waals surface area (Å²) < 4.78 is 30.2. The van der Waals surface area contributed by atoms with Gasteiger partial charge in [-0.3, -0.25) is 9.59 Å². The standard InChI is InChI=1S/C11H12ClNO6S/c1-19-10(14)6-9(11(15)16)13-20(17,18)8-4-2-3-7(12)5-8/h2-5,9,13H,6H2,1H3,(H,15,16)/t9-/m0/s1. The van der Waals surface area contributed by atoms with Crippen molar-refractivity contribution in [1.29, 1.82) is 0 Å². The van der Waals surface area contributed by atoms with Gasteiger partial charge in [0, 0.05) is 5.02 Å².